The minimum atomic E-state index is -0.338. The van der Waals surface area contributed by atoms with Crippen LogP contribution in [0, 0.1) is 12.7 Å². The molecule has 1 aromatic heterocycles. The molecule has 2 aromatic rings. The van der Waals surface area contributed by atoms with Crippen molar-refractivity contribution in [3.8, 4) is 5.69 Å². The molecule has 1 aliphatic heterocycles. The molecule has 3 rings (SSSR count). The van der Waals surface area contributed by atoms with Crippen LogP contribution < -0.4 is 5.56 Å². The van der Waals surface area contributed by atoms with Crippen molar-refractivity contribution in [2.45, 2.75) is 13.8 Å². The summed E-state index contributed by atoms with van der Waals surface area (Å²) in [6.45, 7) is 6.36. The summed E-state index contributed by atoms with van der Waals surface area (Å²) < 4.78 is 19.7. The van der Waals surface area contributed by atoms with Gasteiger partial charge in [-0.25, -0.2) is 9.07 Å². The third kappa shape index (κ3) is 3.19. The minimum Gasteiger partial charge on any atom is -0.378 e. The van der Waals surface area contributed by atoms with E-state index in [0.717, 1.165) is 5.69 Å². The van der Waals surface area contributed by atoms with Gasteiger partial charge in [0.1, 0.15) is 5.82 Å². The molecule has 1 N–H and O–H groups in total. The molecule has 0 bridgehead atoms. The molecule has 7 heteroatoms. The molecule has 23 heavy (non-hydrogen) atoms. The molecule has 0 saturated carbocycles. The van der Waals surface area contributed by atoms with Gasteiger partial charge in [0.25, 0.3) is 5.56 Å². The zero-order valence-corrected chi connectivity index (χ0v) is 13.2. The molecule has 1 fully saturated rings. The van der Waals surface area contributed by atoms with Gasteiger partial charge in [-0.3, -0.25) is 14.9 Å². The Bertz CT molecular complexity index is 770. The summed E-state index contributed by atoms with van der Waals surface area (Å²) in [5.41, 5.74) is 2.33. The molecule has 0 unspecified atom stereocenters. The second-order valence-corrected chi connectivity index (χ2v) is 5.48. The van der Waals surface area contributed by atoms with Crippen LogP contribution in [0.15, 0.2) is 34.2 Å². The Labute approximate surface area is 133 Å². The SMILES string of the molecule is CC(=NN1CCOCC1)c1c(C)[nH]n(-c2ccc(F)cc2)c1=O. The van der Waals surface area contributed by atoms with Gasteiger partial charge in [-0.15, -0.1) is 0 Å². The Morgan fingerprint density at radius 3 is 2.57 bits per heavy atom. The molecule has 0 aliphatic carbocycles. The van der Waals surface area contributed by atoms with Crippen LogP contribution in [0.5, 0.6) is 0 Å². The number of nitrogens with zero attached hydrogens (tertiary/aromatic N) is 3. The van der Waals surface area contributed by atoms with Gasteiger partial charge in [0, 0.05) is 5.69 Å². The first-order valence-corrected chi connectivity index (χ1v) is 7.52. The molecule has 6 nitrogen and oxygen atoms in total. The lowest BCUT2D eigenvalue weighted by molar-refractivity contribution is 0.0393. The number of hydrazone groups is 1. The van der Waals surface area contributed by atoms with Gasteiger partial charge in [0.05, 0.1) is 43.3 Å². The molecule has 1 saturated heterocycles. The van der Waals surface area contributed by atoms with Crippen LogP contribution in [-0.4, -0.2) is 46.8 Å². The molecule has 1 aliphatic rings. The van der Waals surface area contributed by atoms with E-state index < -0.39 is 0 Å². The standard InChI is InChI=1S/C16H19FN4O2/c1-11(18-20-7-9-23-10-8-20)15-12(2)19-21(16(15)22)14-5-3-13(17)4-6-14/h3-6,19H,7-10H2,1-2H3. The quantitative estimate of drug-likeness (QED) is 0.876. The van der Waals surface area contributed by atoms with Crippen LogP contribution in [0.3, 0.4) is 0 Å². The predicted octanol–water partition coefficient (Wildman–Crippen LogP) is 1.67. The number of aryl methyl sites for hydroxylation is 1. The van der Waals surface area contributed by atoms with E-state index >= 15 is 0 Å². The average Bonchev–Trinajstić information content (AvgIpc) is 2.84. The Hall–Kier alpha value is -2.41. The van der Waals surface area contributed by atoms with Crippen molar-refractivity contribution in [2.75, 3.05) is 26.3 Å². The van der Waals surface area contributed by atoms with Crippen molar-refractivity contribution in [2.24, 2.45) is 5.10 Å². The Morgan fingerprint density at radius 1 is 1.26 bits per heavy atom. The second kappa shape index (κ2) is 6.37. The van der Waals surface area contributed by atoms with Crippen molar-refractivity contribution in [1.29, 1.82) is 0 Å². The number of benzene rings is 1. The number of hydrogen-bond donors (Lipinski definition) is 1. The third-order valence-corrected chi connectivity index (χ3v) is 3.80. The largest absolute Gasteiger partial charge is 0.378 e. The second-order valence-electron chi connectivity index (χ2n) is 5.48. The monoisotopic (exact) mass is 318 g/mol. The molecule has 0 atom stereocenters. The number of ether oxygens (including phenoxy) is 1. The fraction of sp³-hybridized carbons (Fsp3) is 0.375. The van der Waals surface area contributed by atoms with Crippen LogP contribution >= 0.6 is 0 Å². The van der Waals surface area contributed by atoms with E-state index in [0.29, 0.717) is 43.3 Å². The maximum Gasteiger partial charge on any atom is 0.280 e. The fourth-order valence-corrected chi connectivity index (χ4v) is 2.66. The smallest absolute Gasteiger partial charge is 0.280 e. The number of aromatic nitrogens is 2. The van der Waals surface area contributed by atoms with Gasteiger partial charge < -0.3 is 4.74 Å². The highest BCUT2D eigenvalue weighted by atomic mass is 19.1. The fourth-order valence-electron chi connectivity index (χ4n) is 2.66. The first-order valence-electron chi connectivity index (χ1n) is 7.52. The van der Waals surface area contributed by atoms with Gasteiger partial charge in [-0.05, 0) is 38.1 Å². The normalized spacial score (nSPS) is 16.0. The topological polar surface area (TPSA) is 62.6 Å². The van der Waals surface area contributed by atoms with Gasteiger partial charge >= 0.3 is 0 Å². The Morgan fingerprint density at radius 2 is 1.91 bits per heavy atom. The summed E-state index contributed by atoms with van der Waals surface area (Å²) in [4.78, 5) is 12.7. The lowest BCUT2D eigenvalue weighted by atomic mass is 10.2. The highest BCUT2D eigenvalue weighted by Gasteiger charge is 2.17. The first-order chi connectivity index (χ1) is 11.1. The van der Waals surface area contributed by atoms with Gasteiger partial charge in [-0.2, -0.15) is 5.10 Å². The van der Waals surface area contributed by atoms with Crippen molar-refractivity contribution in [1.82, 2.24) is 14.8 Å². The van der Waals surface area contributed by atoms with E-state index in [4.69, 9.17) is 4.74 Å². The molecule has 0 radical (unpaired) electrons. The van der Waals surface area contributed by atoms with Gasteiger partial charge in [0.2, 0.25) is 0 Å². The number of nitrogens with one attached hydrogen (secondary N) is 1. The number of rotatable bonds is 3. The highest BCUT2D eigenvalue weighted by molar-refractivity contribution is 5.99. The summed E-state index contributed by atoms with van der Waals surface area (Å²) in [7, 11) is 0. The number of morpholine rings is 1. The molecule has 0 spiro atoms. The van der Waals surface area contributed by atoms with Gasteiger partial charge in [0.15, 0.2) is 0 Å². The van der Waals surface area contributed by atoms with Crippen molar-refractivity contribution in [3.63, 3.8) is 0 Å². The van der Waals surface area contributed by atoms with Crippen LogP contribution in [0.1, 0.15) is 18.2 Å². The zero-order chi connectivity index (χ0) is 16.4. The van der Waals surface area contributed by atoms with Crippen LogP contribution in [-0.2, 0) is 4.74 Å². The summed E-state index contributed by atoms with van der Waals surface area (Å²) in [5.74, 6) is -0.338. The van der Waals surface area contributed by atoms with Crippen molar-refractivity contribution in [3.05, 3.63) is 51.7 Å². The number of halogens is 1. The van der Waals surface area contributed by atoms with Crippen LogP contribution in [0.25, 0.3) is 5.69 Å². The first kappa shape index (κ1) is 15.5. The van der Waals surface area contributed by atoms with Crippen molar-refractivity contribution < 1.29 is 9.13 Å². The number of hydrogen-bond acceptors (Lipinski definition) is 4. The van der Waals surface area contributed by atoms with E-state index in [1.54, 1.807) is 12.1 Å². The van der Waals surface area contributed by atoms with Crippen LogP contribution in [0.4, 0.5) is 4.39 Å². The van der Waals surface area contributed by atoms with E-state index in [-0.39, 0.29) is 11.4 Å². The lowest BCUT2D eigenvalue weighted by Crippen LogP contribution is -2.33. The molecule has 2 heterocycles. The lowest BCUT2D eigenvalue weighted by Gasteiger charge is -2.24. The van der Waals surface area contributed by atoms with E-state index in [1.807, 2.05) is 18.9 Å². The van der Waals surface area contributed by atoms with E-state index in [2.05, 4.69) is 10.2 Å². The molecule has 122 valence electrons. The number of H-pyrrole nitrogens is 1. The average molecular weight is 318 g/mol. The maximum atomic E-state index is 13.0. The van der Waals surface area contributed by atoms with Gasteiger partial charge in [-0.1, -0.05) is 0 Å². The predicted molar refractivity (Wildman–Crippen MR) is 85.7 cm³/mol. The van der Waals surface area contributed by atoms with Crippen LogP contribution in [0.2, 0.25) is 0 Å². The molecule has 0 amide bonds. The van der Waals surface area contributed by atoms with Crippen molar-refractivity contribution >= 4 is 5.71 Å². The number of aromatic amines is 1. The minimum absolute atomic E-state index is 0.191. The summed E-state index contributed by atoms with van der Waals surface area (Å²) in [6, 6.07) is 5.77. The zero-order valence-electron chi connectivity index (χ0n) is 13.2. The van der Waals surface area contributed by atoms with E-state index in [1.165, 1.54) is 16.8 Å². The molecule has 1 aromatic carbocycles. The molecular formula is C16H19FN4O2. The maximum absolute atomic E-state index is 13.0. The highest BCUT2D eigenvalue weighted by Crippen LogP contribution is 2.10. The summed E-state index contributed by atoms with van der Waals surface area (Å²) in [6.07, 6.45) is 0. The third-order valence-electron chi connectivity index (χ3n) is 3.80. The summed E-state index contributed by atoms with van der Waals surface area (Å²) >= 11 is 0. The molecular weight excluding hydrogens is 299 g/mol. The Balaban J connectivity index is 1.95. The Kier molecular flexibility index (Phi) is 4.29. The summed E-state index contributed by atoms with van der Waals surface area (Å²) in [5, 5.41) is 9.46. The van der Waals surface area contributed by atoms with E-state index in [9.17, 15) is 9.18 Å².